The second-order valence-electron chi connectivity index (χ2n) is 6.34. The Morgan fingerprint density at radius 2 is 1.86 bits per heavy atom. The molecule has 21 heavy (non-hydrogen) atoms. The molecule has 0 saturated carbocycles. The van der Waals surface area contributed by atoms with Gasteiger partial charge in [-0.1, -0.05) is 36.7 Å². The Morgan fingerprint density at radius 1 is 1.33 bits per heavy atom. The summed E-state index contributed by atoms with van der Waals surface area (Å²) in [4.78, 5) is 14.1. The van der Waals surface area contributed by atoms with E-state index in [0.29, 0.717) is 22.1 Å². The van der Waals surface area contributed by atoms with Crippen LogP contribution in [0.3, 0.4) is 0 Å². The molecule has 1 aromatic rings. The molecule has 7 heteroatoms. The normalized spacial score (nSPS) is 12.3. The Hall–Kier alpha value is -0.920. The van der Waals surface area contributed by atoms with Crippen molar-refractivity contribution in [2.75, 3.05) is 13.6 Å². The van der Waals surface area contributed by atoms with Gasteiger partial charge >= 0.3 is 0 Å². The zero-order valence-corrected chi connectivity index (χ0v) is 15.3. The number of benzene rings is 1. The van der Waals surface area contributed by atoms with Crippen molar-refractivity contribution in [1.82, 2.24) is 4.90 Å². The highest BCUT2D eigenvalue weighted by atomic mass is 79.9. The topological polar surface area (TPSA) is 80.5 Å². The molecule has 0 fully saturated rings. The van der Waals surface area contributed by atoms with Gasteiger partial charge in [-0.2, -0.15) is 0 Å². The molecule has 0 saturated heterocycles. The molecular weight excluding hydrogens is 356 g/mol. The smallest absolute Gasteiger partial charge is 0.253 e. The van der Waals surface area contributed by atoms with Crippen molar-refractivity contribution < 1.29 is 13.2 Å². The lowest BCUT2D eigenvalue weighted by molar-refractivity contribution is 0.0744. The number of amides is 1. The summed E-state index contributed by atoms with van der Waals surface area (Å²) in [7, 11) is -2.16. The fraction of sp³-hybridized carbons (Fsp3) is 0.500. The van der Waals surface area contributed by atoms with Crippen LogP contribution < -0.4 is 5.14 Å². The Balaban J connectivity index is 3.30. The van der Waals surface area contributed by atoms with E-state index in [1.165, 1.54) is 12.1 Å². The first-order valence-corrected chi connectivity index (χ1v) is 8.75. The summed E-state index contributed by atoms with van der Waals surface area (Å²) in [5.74, 6) is -0.228. The third-order valence-corrected chi connectivity index (χ3v) is 4.65. The minimum atomic E-state index is -3.86. The minimum Gasteiger partial charge on any atom is -0.341 e. The van der Waals surface area contributed by atoms with Crippen LogP contribution in [0.4, 0.5) is 0 Å². The maximum atomic E-state index is 12.5. The number of carbonyl (C=O) groups excluding carboxylic acids is 1. The average molecular weight is 377 g/mol. The van der Waals surface area contributed by atoms with Crippen LogP contribution in [0.15, 0.2) is 21.5 Å². The average Bonchev–Trinajstić information content (AvgIpc) is 2.27. The molecule has 0 radical (unpaired) electrons. The summed E-state index contributed by atoms with van der Waals surface area (Å²) in [6, 6.07) is 2.74. The maximum absolute atomic E-state index is 12.5. The van der Waals surface area contributed by atoms with Gasteiger partial charge in [0.25, 0.3) is 5.91 Å². The number of nitrogens with zero attached hydrogens (tertiary/aromatic N) is 1. The fourth-order valence-electron chi connectivity index (χ4n) is 2.03. The first-order chi connectivity index (χ1) is 9.33. The number of sulfonamides is 1. The minimum absolute atomic E-state index is 0.0485. The molecule has 0 heterocycles. The number of hydrogen-bond donors (Lipinski definition) is 1. The molecular formula is C14H21BrN2O3S. The first kappa shape index (κ1) is 18.1. The van der Waals surface area contributed by atoms with Crippen molar-refractivity contribution in [2.45, 2.75) is 32.6 Å². The monoisotopic (exact) mass is 376 g/mol. The Kier molecular flexibility index (Phi) is 5.23. The van der Waals surface area contributed by atoms with Gasteiger partial charge in [0.1, 0.15) is 0 Å². The van der Waals surface area contributed by atoms with E-state index in [1.54, 1.807) is 18.9 Å². The highest BCUT2D eigenvalue weighted by Gasteiger charge is 2.23. The zero-order valence-electron chi connectivity index (χ0n) is 12.9. The van der Waals surface area contributed by atoms with Crippen molar-refractivity contribution in [3.63, 3.8) is 0 Å². The molecule has 0 atom stereocenters. The van der Waals surface area contributed by atoms with Crippen LogP contribution in [0.1, 0.15) is 36.7 Å². The summed E-state index contributed by atoms with van der Waals surface area (Å²) in [5.41, 5.74) is 0.973. The van der Waals surface area contributed by atoms with E-state index < -0.39 is 10.0 Å². The third-order valence-electron chi connectivity index (χ3n) is 2.93. The van der Waals surface area contributed by atoms with Gasteiger partial charge in [0.15, 0.2) is 0 Å². The Labute approximate surface area is 134 Å². The number of hydrogen-bond acceptors (Lipinski definition) is 3. The molecule has 0 aliphatic heterocycles. The lowest BCUT2D eigenvalue weighted by atomic mass is 9.96. The van der Waals surface area contributed by atoms with Crippen LogP contribution in [-0.2, 0) is 10.0 Å². The summed E-state index contributed by atoms with van der Waals surface area (Å²) in [6.07, 6.45) is 0. The molecule has 0 spiro atoms. The highest BCUT2D eigenvalue weighted by molar-refractivity contribution is 9.10. The largest absolute Gasteiger partial charge is 0.341 e. The van der Waals surface area contributed by atoms with Crippen LogP contribution >= 0.6 is 15.9 Å². The lowest BCUT2D eigenvalue weighted by Crippen LogP contribution is -2.35. The molecule has 1 amide bonds. The first-order valence-electron chi connectivity index (χ1n) is 6.41. The summed E-state index contributed by atoms with van der Waals surface area (Å²) >= 11 is 3.28. The van der Waals surface area contributed by atoms with Crippen LogP contribution in [0, 0.1) is 12.3 Å². The number of primary sulfonamides is 1. The zero-order chi connectivity index (χ0) is 16.6. The molecule has 1 aromatic carbocycles. The highest BCUT2D eigenvalue weighted by Crippen LogP contribution is 2.26. The molecule has 0 bridgehead atoms. The number of rotatable bonds is 3. The predicted octanol–water partition coefficient (Wildman–Crippen LogP) is 2.52. The second-order valence-corrected chi connectivity index (χ2v) is 8.76. The van der Waals surface area contributed by atoms with Crippen molar-refractivity contribution in [2.24, 2.45) is 10.6 Å². The third kappa shape index (κ3) is 4.79. The van der Waals surface area contributed by atoms with E-state index in [2.05, 4.69) is 15.9 Å². The van der Waals surface area contributed by atoms with Gasteiger partial charge in [-0.25, -0.2) is 13.6 Å². The Morgan fingerprint density at radius 3 is 2.29 bits per heavy atom. The maximum Gasteiger partial charge on any atom is 0.253 e. The Bertz CT molecular complexity index is 664. The summed E-state index contributed by atoms with van der Waals surface area (Å²) in [5, 5.41) is 5.15. The summed E-state index contributed by atoms with van der Waals surface area (Å²) in [6.45, 7) is 8.40. The van der Waals surface area contributed by atoms with E-state index in [1.807, 2.05) is 20.8 Å². The van der Waals surface area contributed by atoms with Crippen molar-refractivity contribution in [3.05, 3.63) is 27.7 Å². The molecule has 0 aromatic heterocycles. The van der Waals surface area contributed by atoms with Gasteiger partial charge < -0.3 is 4.90 Å². The standard InChI is InChI=1S/C14H21BrN2O3S/c1-9-11(13(18)17(5)8-14(2,3)4)6-10(7-12(9)15)21(16,19)20/h6-7H,8H2,1-5H3,(H2,16,19,20). The van der Waals surface area contributed by atoms with E-state index >= 15 is 0 Å². The van der Waals surface area contributed by atoms with E-state index in [-0.39, 0.29) is 16.2 Å². The van der Waals surface area contributed by atoms with Crippen molar-refractivity contribution >= 4 is 31.9 Å². The lowest BCUT2D eigenvalue weighted by Gasteiger charge is -2.27. The molecule has 0 unspecified atom stereocenters. The van der Waals surface area contributed by atoms with Crippen LogP contribution in [0.2, 0.25) is 0 Å². The van der Waals surface area contributed by atoms with E-state index in [4.69, 9.17) is 5.14 Å². The quantitative estimate of drug-likeness (QED) is 0.879. The number of nitrogens with two attached hydrogens (primary N) is 1. The van der Waals surface area contributed by atoms with Gasteiger partial charge in [-0.15, -0.1) is 0 Å². The van der Waals surface area contributed by atoms with Crippen LogP contribution in [0.25, 0.3) is 0 Å². The van der Waals surface area contributed by atoms with Gasteiger partial charge in [-0.05, 0) is 30.0 Å². The van der Waals surface area contributed by atoms with Gasteiger partial charge in [0, 0.05) is 23.6 Å². The van der Waals surface area contributed by atoms with Crippen molar-refractivity contribution in [3.8, 4) is 0 Å². The van der Waals surface area contributed by atoms with Gasteiger partial charge in [0.2, 0.25) is 10.0 Å². The van der Waals surface area contributed by atoms with Crippen molar-refractivity contribution in [1.29, 1.82) is 0 Å². The molecule has 2 N–H and O–H groups in total. The van der Waals surface area contributed by atoms with Gasteiger partial charge in [-0.3, -0.25) is 4.79 Å². The fourth-order valence-corrected chi connectivity index (χ4v) is 3.21. The molecule has 5 nitrogen and oxygen atoms in total. The van der Waals surface area contributed by atoms with E-state index in [9.17, 15) is 13.2 Å². The number of halogens is 1. The summed E-state index contributed by atoms with van der Waals surface area (Å²) < 4.78 is 23.5. The SMILES string of the molecule is Cc1c(Br)cc(S(N)(=O)=O)cc1C(=O)N(C)CC(C)(C)C. The van der Waals surface area contributed by atoms with Crippen LogP contribution in [0.5, 0.6) is 0 Å². The predicted molar refractivity (Wildman–Crippen MR) is 86.7 cm³/mol. The van der Waals surface area contributed by atoms with E-state index in [0.717, 1.165) is 0 Å². The second kappa shape index (κ2) is 6.06. The van der Waals surface area contributed by atoms with Gasteiger partial charge in [0.05, 0.1) is 4.90 Å². The molecule has 0 aliphatic carbocycles. The van der Waals surface area contributed by atoms with Crippen LogP contribution in [-0.4, -0.2) is 32.8 Å². The number of carbonyl (C=O) groups is 1. The molecule has 1 rings (SSSR count). The molecule has 118 valence electrons. The molecule has 0 aliphatic rings.